The highest BCUT2D eigenvalue weighted by molar-refractivity contribution is 7.90. The maximum atomic E-state index is 12.2. The van der Waals surface area contributed by atoms with Gasteiger partial charge in [0.2, 0.25) is 11.8 Å². The van der Waals surface area contributed by atoms with Gasteiger partial charge in [-0.05, 0) is 24.3 Å². The predicted octanol–water partition coefficient (Wildman–Crippen LogP) is -0.105. The summed E-state index contributed by atoms with van der Waals surface area (Å²) < 4.78 is 29.8. The van der Waals surface area contributed by atoms with Gasteiger partial charge in [0, 0.05) is 12.8 Å². The van der Waals surface area contributed by atoms with Gasteiger partial charge in [-0.1, -0.05) is 0 Å². The van der Waals surface area contributed by atoms with Crippen LogP contribution in [-0.4, -0.2) is 42.9 Å². The maximum absolute atomic E-state index is 12.2. The zero-order valence-corrected chi connectivity index (χ0v) is 11.3. The molecule has 0 atom stereocenters. The number of aliphatic hydroxyl groups excluding tert-OH is 1. The molecule has 0 bridgehead atoms. The standard InChI is InChI=1S/C12H13NO6S/c14-7-8-19-9-1-3-10(4-2-9)20(17,18)13-11(15)5-6-12(13)16/h1-4,14H,5-8H2. The van der Waals surface area contributed by atoms with E-state index in [2.05, 4.69) is 0 Å². The molecule has 1 fully saturated rings. The molecule has 0 saturated carbocycles. The number of benzene rings is 1. The summed E-state index contributed by atoms with van der Waals surface area (Å²) in [6, 6.07) is 5.29. The lowest BCUT2D eigenvalue weighted by Crippen LogP contribution is -2.35. The summed E-state index contributed by atoms with van der Waals surface area (Å²) in [5.74, 6) is -1.04. The van der Waals surface area contributed by atoms with Gasteiger partial charge in [-0.15, -0.1) is 0 Å². The SMILES string of the molecule is O=C1CCC(=O)N1S(=O)(=O)c1ccc(OCCO)cc1. The molecule has 1 aliphatic heterocycles. The lowest BCUT2D eigenvalue weighted by atomic mass is 10.3. The number of hydrogen-bond donors (Lipinski definition) is 1. The second-order valence-electron chi connectivity index (χ2n) is 4.10. The van der Waals surface area contributed by atoms with Crippen LogP contribution in [0.15, 0.2) is 29.2 Å². The molecule has 108 valence electrons. The average molecular weight is 299 g/mol. The van der Waals surface area contributed by atoms with Gasteiger partial charge in [-0.3, -0.25) is 9.59 Å². The van der Waals surface area contributed by atoms with Gasteiger partial charge in [0.05, 0.1) is 11.5 Å². The van der Waals surface area contributed by atoms with Crippen LogP contribution in [0.5, 0.6) is 5.75 Å². The van der Waals surface area contributed by atoms with Crippen molar-refractivity contribution in [1.29, 1.82) is 0 Å². The molecule has 7 nitrogen and oxygen atoms in total. The quantitative estimate of drug-likeness (QED) is 0.762. The number of carbonyl (C=O) groups excluding carboxylic acids is 2. The zero-order valence-electron chi connectivity index (χ0n) is 10.5. The van der Waals surface area contributed by atoms with E-state index in [9.17, 15) is 18.0 Å². The van der Waals surface area contributed by atoms with Crippen molar-refractivity contribution >= 4 is 21.8 Å². The molecule has 0 aliphatic carbocycles. The Kier molecular flexibility index (Phi) is 4.05. The van der Waals surface area contributed by atoms with E-state index in [4.69, 9.17) is 9.84 Å². The minimum Gasteiger partial charge on any atom is -0.491 e. The van der Waals surface area contributed by atoms with Crippen molar-refractivity contribution in [2.45, 2.75) is 17.7 Å². The number of amides is 2. The number of nitrogens with zero attached hydrogens (tertiary/aromatic N) is 1. The molecule has 0 spiro atoms. The number of sulfonamides is 1. The number of rotatable bonds is 5. The van der Waals surface area contributed by atoms with Gasteiger partial charge in [0.15, 0.2) is 0 Å². The first kappa shape index (κ1) is 14.5. The normalized spacial score (nSPS) is 15.8. The molecule has 1 aromatic rings. The van der Waals surface area contributed by atoms with Crippen LogP contribution in [0.25, 0.3) is 0 Å². The smallest absolute Gasteiger partial charge is 0.273 e. The van der Waals surface area contributed by atoms with Crippen LogP contribution in [0.3, 0.4) is 0 Å². The van der Waals surface area contributed by atoms with Gasteiger partial charge in [-0.2, -0.15) is 4.31 Å². The van der Waals surface area contributed by atoms with E-state index in [0.717, 1.165) is 0 Å². The van der Waals surface area contributed by atoms with Crippen LogP contribution in [0.2, 0.25) is 0 Å². The highest BCUT2D eigenvalue weighted by Gasteiger charge is 2.39. The molecule has 1 saturated heterocycles. The molecule has 20 heavy (non-hydrogen) atoms. The minimum atomic E-state index is -4.15. The fourth-order valence-corrected chi connectivity index (χ4v) is 3.21. The van der Waals surface area contributed by atoms with E-state index in [1.165, 1.54) is 24.3 Å². The lowest BCUT2D eigenvalue weighted by molar-refractivity contribution is -0.132. The van der Waals surface area contributed by atoms with Crippen LogP contribution in [0, 0.1) is 0 Å². The fraction of sp³-hybridized carbons (Fsp3) is 0.333. The first-order chi connectivity index (χ1) is 9.46. The van der Waals surface area contributed by atoms with Gasteiger partial charge in [0.25, 0.3) is 10.0 Å². The molecule has 1 aliphatic rings. The van der Waals surface area contributed by atoms with E-state index >= 15 is 0 Å². The molecule has 2 rings (SSSR count). The van der Waals surface area contributed by atoms with Crippen LogP contribution in [0.1, 0.15) is 12.8 Å². The van der Waals surface area contributed by atoms with Crippen molar-refractivity contribution in [2.24, 2.45) is 0 Å². The summed E-state index contributed by atoms with van der Waals surface area (Å²) in [7, 11) is -4.15. The van der Waals surface area contributed by atoms with E-state index in [1.54, 1.807) is 0 Å². The van der Waals surface area contributed by atoms with Gasteiger partial charge in [0.1, 0.15) is 12.4 Å². The number of aliphatic hydroxyl groups is 1. The summed E-state index contributed by atoms with van der Waals surface area (Å²) in [6.07, 6.45) is -0.175. The Labute approximate surface area is 115 Å². The van der Waals surface area contributed by atoms with Crippen molar-refractivity contribution < 1.29 is 27.9 Å². The summed E-state index contributed by atoms with van der Waals surface area (Å²) >= 11 is 0. The highest BCUT2D eigenvalue weighted by atomic mass is 32.2. The summed E-state index contributed by atoms with van der Waals surface area (Å²) in [5.41, 5.74) is 0. The predicted molar refractivity (Wildman–Crippen MR) is 67.3 cm³/mol. The van der Waals surface area contributed by atoms with E-state index in [0.29, 0.717) is 10.1 Å². The average Bonchev–Trinajstić information content (AvgIpc) is 2.77. The molecule has 2 amide bonds. The van der Waals surface area contributed by atoms with Crippen LogP contribution < -0.4 is 4.74 Å². The lowest BCUT2D eigenvalue weighted by Gasteiger charge is -2.14. The molecule has 1 heterocycles. The zero-order chi connectivity index (χ0) is 14.8. The number of carbonyl (C=O) groups is 2. The molecule has 0 aromatic heterocycles. The van der Waals surface area contributed by atoms with Crippen molar-refractivity contribution in [3.05, 3.63) is 24.3 Å². The van der Waals surface area contributed by atoms with E-state index < -0.39 is 21.8 Å². The Morgan fingerprint density at radius 2 is 1.65 bits per heavy atom. The molecular weight excluding hydrogens is 286 g/mol. The third-order valence-electron chi connectivity index (χ3n) is 2.73. The van der Waals surface area contributed by atoms with Crippen LogP contribution >= 0.6 is 0 Å². The highest BCUT2D eigenvalue weighted by Crippen LogP contribution is 2.24. The first-order valence-corrected chi connectivity index (χ1v) is 7.35. The summed E-state index contributed by atoms with van der Waals surface area (Å²) in [6.45, 7) is -0.0635. The Morgan fingerprint density at radius 3 is 2.15 bits per heavy atom. The molecular formula is C12H13NO6S. The third-order valence-corrected chi connectivity index (χ3v) is 4.48. The molecule has 1 aromatic carbocycles. The Bertz CT molecular complexity index is 606. The summed E-state index contributed by atoms with van der Waals surface area (Å²) in [4.78, 5) is 22.8. The first-order valence-electron chi connectivity index (χ1n) is 5.91. The van der Waals surface area contributed by atoms with Crippen molar-refractivity contribution in [3.63, 3.8) is 0 Å². The van der Waals surface area contributed by atoms with Crippen LogP contribution in [-0.2, 0) is 19.6 Å². The largest absolute Gasteiger partial charge is 0.491 e. The van der Waals surface area contributed by atoms with E-state index in [-0.39, 0.29) is 31.0 Å². The molecule has 0 radical (unpaired) electrons. The van der Waals surface area contributed by atoms with Crippen molar-refractivity contribution in [2.75, 3.05) is 13.2 Å². The molecule has 0 unspecified atom stereocenters. The molecule has 1 N–H and O–H groups in total. The number of ether oxygens (including phenoxy) is 1. The Morgan fingerprint density at radius 1 is 1.10 bits per heavy atom. The maximum Gasteiger partial charge on any atom is 0.273 e. The van der Waals surface area contributed by atoms with Crippen molar-refractivity contribution in [3.8, 4) is 5.75 Å². The van der Waals surface area contributed by atoms with Gasteiger partial charge >= 0.3 is 0 Å². The van der Waals surface area contributed by atoms with Gasteiger partial charge < -0.3 is 9.84 Å². The van der Waals surface area contributed by atoms with Crippen LogP contribution in [0.4, 0.5) is 0 Å². The Balaban J connectivity index is 2.26. The fourth-order valence-electron chi connectivity index (χ4n) is 1.80. The van der Waals surface area contributed by atoms with Crippen molar-refractivity contribution in [1.82, 2.24) is 4.31 Å². The number of hydrogen-bond acceptors (Lipinski definition) is 6. The second kappa shape index (κ2) is 5.59. The summed E-state index contributed by atoms with van der Waals surface area (Å²) in [5, 5.41) is 8.61. The Hall–Kier alpha value is -1.93. The second-order valence-corrected chi connectivity index (χ2v) is 5.89. The number of imide groups is 1. The molecule has 8 heteroatoms. The minimum absolute atomic E-state index is 0.0875. The third kappa shape index (κ3) is 2.66. The van der Waals surface area contributed by atoms with Gasteiger partial charge in [-0.25, -0.2) is 8.42 Å². The topological polar surface area (TPSA) is 101 Å². The van der Waals surface area contributed by atoms with E-state index in [1.807, 2.05) is 0 Å². The monoisotopic (exact) mass is 299 g/mol.